The van der Waals surface area contributed by atoms with E-state index < -0.39 is 0 Å². The second kappa shape index (κ2) is 8.01. The molecule has 1 amide bonds. The molecule has 6 heteroatoms. The predicted octanol–water partition coefficient (Wildman–Crippen LogP) is 5.10. The van der Waals surface area contributed by atoms with Gasteiger partial charge in [-0.05, 0) is 38.5 Å². The van der Waals surface area contributed by atoms with Crippen molar-refractivity contribution in [1.29, 1.82) is 0 Å². The van der Waals surface area contributed by atoms with Gasteiger partial charge in [0.25, 0.3) is 5.91 Å². The van der Waals surface area contributed by atoms with Gasteiger partial charge >= 0.3 is 0 Å². The van der Waals surface area contributed by atoms with Crippen molar-refractivity contribution in [3.63, 3.8) is 0 Å². The van der Waals surface area contributed by atoms with Gasteiger partial charge in [-0.25, -0.2) is 9.67 Å². The van der Waals surface area contributed by atoms with E-state index in [-0.39, 0.29) is 5.91 Å². The fourth-order valence-corrected chi connectivity index (χ4v) is 4.28. The molecule has 0 unspecified atom stereocenters. The summed E-state index contributed by atoms with van der Waals surface area (Å²) in [5.74, 6) is -0.150. The minimum absolute atomic E-state index is 0.150. The highest BCUT2D eigenvalue weighted by Gasteiger charge is 2.20. The Hall–Kier alpha value is -3.25. The fourth-order valence-electron chi connectivity index (χ4n) is 3.31. The molecule has 5 nitrogen and oxygen atoms in total. The van der Waals surface area contributed by atoms with Crippen LogP contribution in [0.2, 0.25) is 0 Å². The molecule has 4 aromatic rings. The van der Waals surface area contributed by atoms with Crippen molar-refractivity contribution in [1.82, 2.24) is 14.8 Å². The highest BCUT2D eigenvalue weighted by molar-refractivity contribution is 7.16. The van der Waals surface area contributed by atoms with Crippen LogP contribution in [0, 0.1) is 20.8 Å². The maximum atomic E-state index is 12.7. The van der Waals surface area contributed by atoms with Gasteiger partial charge in [0.2, 0.25) is 5.13 Å². The Morgan fingerprint density at radius 1 is 0.966 bits per heavy atom. The standard InChI is InChI=1S/C23H22N4OS/c1-15-20(14-18-10-6-4-7-11-18)17(3)27(26-15)23-24-16(2)21(29-23)22(28)25-19-12-8-5-9-13-19/h4-13H,14H2,1-3H3,(H,25,28). The van der Waals surface area contributed by atoms with Gasteiger partial charge in [0.05, 0.1) is 11.4 Å². The zero-order valence-corrected chi connectivity index (χ0v) is 17.5. The first-order valence-electron chi connectivity index (χ1n) is 9.46. The summed E-state index contributed by atoms with van der Waals surface area (Å²) >= 11 is 1.36. The van der Waals surface area contributed by atoms with Crippen molar-refractivity contribution in [3.05, 3.63) is 93.7 Å². The monoisotopic (exact) mass is 402 g/mol. The molecule has 0 spiro atoms. The summed E-state index contributed by atoms with van der Waals surface area (Å²) in [6.45, 7) is 5.93. The minimum atomic E-state index is -0.150. The lowest BCUT2D eigenvalue weighted by molar-refractivity contribution is 0.103. The second-order valence-corrected chi connectivity index (χ2v) is 7.93. The highest BCUT2D eigenvalue weighted by Crippen LogP contribution is 2.26. The fraction of sp³-hybridized carbons (Fsp3) is 0.174. The number of benzene rings is 2. The summed E-state index contributed by atoms with van der Waals surface area (Å²) in [7, 11) is 0. The van der Waals surface area contributed by atoms with Crippen molar-refractivity contribution in [2.75, 3.05) is 5.32 Å². The van der Waals surface area contributed by atoms with Gasteiger partial charge in [0.15, 0.2) is 0 Å². The van der Waals surface area contributed by atoms with Crippen molar-refractivity contribution in [2.24, 2.45) is 0 Å². The number of hydrogen-bond donors (Lipinski definition) is 1. The zero-order chi connectivity index (χ0) is 20.4. The molecule has 146 valence electrons. The van der Waals surface area contributed by atoms with E-state index in [1.54, 1.807) is 0 Å². The van der Waals surface area contributed by atoms with Gasteiger partial charge < -0.3 is 5.32 Å². The summed E-state index contributed by atoms with van der Waals surface area (Å²) in [6, 6.07) is 19.8. The van der Waals surface area contributed by atoms with E-state index in [9.17, 15) is 4.79 Å². The van der Waals surface area contributed by atoms with Gasteiger partial charge in [-0.2, -0.15) is 5.10 Å². The van der Waals surface area contributed by atoms with Crippen LogP contribution in [-0.4, -0.2) is 20.7 Å². The molecule has 1 N–H and O–H groups in total. The number of nitrogens with one attached hydrogen (secondary N) is 1. The van der Waals surface area contributed by atoms with E-state index in [0.717, 1.165) is 23.5 Å². The molecule has 0 bridgehead atoms. The van der Waals surface area contributed by atoms with Gasteiger partial charge in [0.1, 0.15) is 4.88 Å². The van der Waals surface area contributed by atoms with Gasteiger partial charge in [-0.3, -0.25) is 4.79 Å². The average Bonchev–Trinajstić information content (AvgIpc) is 3.24. The molecule has 0 aliphatic heterocycles. The molecular formula is C23H22N4OS. The Morgan fingerprint density at radius 2 is 1.62 bits per heavy atom. The molecule has 0 aliphatic rings. The molecule has 29 heavy (non-hydrogen) atoms. The van der Waals surface area contributed by atoms with Crippen molar-refractivity contribution < 1.29 is 4.79 Å². The summed E-state index contributed by atoms with van der Waals surface area (Å²) in [5, 5.41) is 8.35. The molecule has 0 saturated heterocycles. The lowest BCUT2D eigenvalue weighted by atomic mass is 10.0. The van der Waals surface area contributed by atoms with Crippen LogP contribution < -0.4 is 5.32 Å². The normalized spacial score (nSPS) is 10.9. The third-order valence-corrected chi connectivity index (χ3v) is 6.00. The Labute approximate surface area is 174 Å². The maximum Gasteiger partial charge on any atom is 0.267 e. The molecule has 0 aliphatic carbocycles. The maximum absolute atomic E-state index is 12.7. The number of hydrogen-bond acceptors (Lipinski definition) is 4. The smallest absolute Gasteiger partial charge is 0.267 e. The number of para-hydroxylation sites is 1. The van der Waals surface area contributed by atoms with Crippen LogP contribution in [0.4, 0.5) is 5.69 Å². The second-order valence-electron chi connectivity index (χ2n) is 6.95. The summed E-state index contributed by atoms with van der Waals surface area (Å²) < 4.78 is 1.85. The number of amides is 1. The third-order valence-electron chi connectivity index (χ3n) is 4.87. The summed E-state index contributed by atoms with van der Waals surface area (Å²) in [6.07, 6.45) is 0.824. The number of aromatic nitrogens is 3. The third kappa shape index (κ3) is 3.98. The van der Waals surface area contributed by atoms with E-state index in [4.69, 9.17) is 5.10 Å². The molecule has 0 saturated carbocycles. The predicted molar refractivity (Wildman–Crippen MR) is 117 cm³/mol. The minimum Gasteiger partial charge on any atom is -0.321 e. The van der Waals surface area contributed by atoms with Crippen molar-refractivity contribution >= 4 is 22.9 Å². The molecule has 4 rings (SSSR count). The average molecular weight is 403 g/mol. The van der Waals surface area contributed by atoms with E-state index >= 15 is 0 Å². The van der Waals surface area contributed by atoms with Gasteiger partial charge in [-0.15, -0.1) is 0 Å². The van der Waals surface area contributed by atoms with Crippen LogP contribution in [0.5, 0.6) is 0 Å². The number of carbonyl (C=O) groups excluding carboxylic acids is 1. The Bertz CT molecular complexity index is 1150. The zero-order valence-electron chi connectivity index (χ0n) is 16.6. The Kier molecular flexibility index (Phi) is 5.27. The van der Waals surface area contributed by atoms with E-state index in [0.29, 0.717) is 15.7 Å². The Morgan fingerprint density at radius 3 is 2.31 bits per heavy atom. The lowest BCUT2D eigenvalue weighted by Crippen LogP contribution is -2.11. The largest absolute Gasteiger partial charge is 0.321 e. The lowest BCUT2D eigenvalue weighted by Gasteiger charge is -2.03. The number of aryl methyl sites for hydroxylation is 2. The number of carbonyl (C=O) groups is 1. The Balaban J connectivity index is 1.62. The SMILES string of the molecule is Cc1nc(-n2nc(C)c(Cc3ccccc3)c2C)sc1C(=O)Nc1ccccc1. The van der Waals surface area contributed by atoms with E-state index in [2.05, 4.69) is 29.4 Å². The quantitative estimate of drug-likeness (QED) is 0.505. The number of rotatable bonds is 5. The van der Waals surface area contributed by atoms with Crippen molar-refractivity contribution in [2.45, 2.75) is 27.2 Å². The van der Waals surface area contributed by atoms with Crippen LogP contribution in [-0.2, 0) is 6.42 Å². The number of anilines is 1. The molecule has 2 aromatic heterocycles. The van der Waals surface area contributed by atoms with E-state index in [1.807, 2.05) is 67.1 Å². The summed E-state index contributed by atoms with van der Waals surface area (Å²) in [4.78, 5) is 17.9. The summed E-state index contributed by atoms with van der Waals surface area (Å²) in [5.41, 5.74) is 5.94. The van der Waals surface area contributed by atoms with Crippen LogP contribution in [0.25, 0.3) is 5.13 Å². The molecule has 0 atom stereocenters. The molecular weight excluding hydrogens is 380 g/mol. The van der Waals surface area contributed by atoms with Crippen molar-refractivity contribution in [3.8, 4) is 5.13 Å². The molecule has 2 aromatic carbocycles. The van der Waals surface area contributed by atoms with Crippen LogP contribution in [0.15, 0.2) is 60.7 Å². The molecule has 2 heterocycles. The van der Waals surface area contributed by atoms with Gasteiger partial charge in [0, 0.05) is 23.4 Å². The highest BCUT2D eigenvalue weighted by atomic mass is 32.1. The topological polar surface area (TPSA) is 59.8 Å². The first kappa shape index (κ1) is 19.1. The number of nitrogens with zero attached hydrogens (tertiary/aromatic N) is 3. The van der Waals surface area contributed by atoms with E-state index in [1.165, 1.54) is 22.5 Å². The van der Waals surface area contributed by atoms with Crippen LogP contribution >= 0.6 is 11.3 Å². The first-order valence-corrected chi connectivity index (χ1v) is 10.3. The number of thiazole rings is 1. The molecule has 0 fully saturated rings. The van der Waals surface area contributed by atoms with Gasteiger partial charge in [-0.1, -0.05) is 59.9 Å². The van der Waals surface area contributed by atoms with Crippen LogP contribution in [0.1, 0.15) is 37.9 Å². The molecule has 0 radical (unpaired) electrons. The van der Waals surface area contributed by atoms with Crippen LogP contribution in [0.3, 0.4) is 0 Å². The first-order chi connectivity index (χ1) is 14.0.